The van der Waals surface area contributed by atoms with Gasteiger partial charge >= 0.3 is 12.3 Å². The van der Waals surface area contributed by atoms with E-state index in [0.29, 0.717) is 12.1 Å². The van der Waals surface area contributed by atoms with Gasteiger partial charge in [-0.15, -0.1) is 0 Å². The van der Waals surface area contributed by atoms with E-state index in [1.165, 1.54) is 6.07 Å². The third kappa shape index (κ3) is 5.69. The van der Waals surface area contributed by atoms with Crippen LogP contribution in [0.1, 0.15) is 22.3 Å². The number of hydrogen-bond donors (Lipinski definition) is 3. The molecule has 2 amide bonds. The molecule has 0 atom stereocenters. The lowest BCUT2D eigenvalue weighted by molar-refractivity contribution is -0.137. The number of pyridine rings is 1. The van der Waals surface area contributed by atoms with Crippen molar-refractivity contribution in [2.75, 3.05) is 10.6 Å². The average molecular weight is 443 g/mol. The molecule has 1 aromatic heterocycles. The van der Waals surface area contributed by atoms with Gasteiger partial charge in [-0.3, -0.25) is 19.9 Å². The molecule has 2 aromatic carbocycles. The van der Waals surface area contributed by atoms with Crippen molar-refractivity contribution in [3.05, 3.63) is 78.1 Å². The van der Waals surface area contributed by atoms with Crippen LogP contribution in [0.5, 0.6) is 0 Å². The first-order chi connectivity index (χ1) is 15.1. The lowest BCUT2D eigenvalue weighted by atomic mass is 10.0. The van der Waals surface area contributed by atoms with Crippen LogP contribution < -0.4 is 10.6 Å². The third-order valence-corrected chi connectivity index (χ3v) is 4.38. The number of nitrogens with zero attached hydrogens (tertiary/aromatic N) is 1. The molecule has 0 radical (unpaired) electrons. The molecule has 0 bridgehead atoms. The molecule has 1 heterocycles. The molecule has 0 aliphatic rings. The van der Waals surface area contributed by atoms with E-state index in [1.807, 2.05) is 5.32 Å². The van der Waals surface area contributed by atoms with Crippen LogP contribution >= 0.6 is 0 Å². The van der Waals surface area contributed by atoms with Gasteiger partial charge in [-0.1, -0.05) is 18.2 Å². The number of ketones is 1. The van der Waals surface area contributed by atoms with Gasteiger partial charge in [0.1, 0.15) is 0 Å². The Labute approximate surface area is 179 Å². The highest BCUT2D eigenvalue weighted by Crippen LogP contribution is 2.34. The first-order valence-corrected chi connectivity index (χ1v) is 9.18. The molecule has 3 aromatic rings. The van der Waals surface area contributed by atoms with Crippen LogP contribution in [0.3, 0.4) is 0 Å². The number of anilines is 2. The maximum atomic E-state index is 13.0. The zero-order valence-corrected chi connectivity index (χ0v) is 16.3. The molecule has 0 aliphatic heterocycles. The zero-order chi connectivity index (χ0) is 23.3. The summed E-state index contributed by atoms with van der Waals surface area (Å²) in [5.41, 5.74) is 0.0241. The van der Waals surface area contributed by atoms with Gasteiger partial charge in [0.2, 0.25) is 5.91 Å². The summed E-state index contributed by atoms with van der Waals surface area (Å²) in [6.45, 7) is 0. The Hall–Kier alpha value is -4.21. The van der Waals surface area contributed by atoms with Gasteiger partial charge in [0.25, 0.3) is 0 Å². The molecule has 0 unspecified atom stereocenters. The van der Waals surface area contributed by atoms with E-state index < -0.39 is 41.6 Å². The van der Waals surface area contributed by atoms with Crippen LogP contribution in [0.25, 0.3) is 11.1 Å². The first-order valence-electron chi connectivity index (χ1n) is 9.18. The van der Waals surface area contributed by atoms with Crippen molar-refractivity contribution in [2.45, 2.75) is 12.6 Å². The van der Waals surface area contributed by atoms with E-state index in [2.05, 4.69) is 10.3 Å². The summed E-state index contributed by atoms with van der Waals surface area (Å²) >= 11 is 0. The van der Waals surface area contributed by atoms with E-state index in [-0.39, 0.29) is 11.3 Å². The van der Waals surface area contributed by atoms with Crippen molar-refractivity contribution >= 4 is 29.2 Å². The number of aromatic nitrogens is 1. The molecule has 0 fully saturated rings. The van der Waals surface area contributed by atoms with Gasteiger partial charge < -0.3 is 10.4 Å². The summed E-state index contributed by atoms with van der Waals surface area (Å²) in [7, 11) is 0. The maximum Gasteiger partial charge on any atom is 0.416 e. The second-order valence-electron chi connectivity index (χ2n) is 6.65. The molecule has 32 heavy (non-hydrogen) atoms. The quantitative estimate of drug-likeness (QED) is 0.364. The third-order valence-electron chi connectivity index (χ3n) is 4.38. The molecular formula is C22H16F3N3O4. The van der Waals surface area contributed by atoms with Crippen LogP contribution in [0.2, 0.25) is 0 Å². The summed E-state index contributed by atoms with van der Waals surface area (Å²) in [6.07, 6.45) is -3.69. The average Bonchev–Trinajstić information content (AvgIpc) is 2.74. The van der Waals surface area contributed by atoms with Crippen molar-refractivity contribution < 1.29 is 32.7 Å². The molecule has 164 valence electrons. The molecule has 0 saturated carbocycles. The van der Waals surface area contributed by atoms with Gasteiger partial charge in [0.15, 0.2) is 5.78 Å². The molecule has 0 saturated heterocycles. The van der Waals surface area contributed by atoms with E-state index >= 15 is 0 Å². The minimum atomic E-state index is -4.70. The second-order valence-corrected chi connectivity index (χ2v) is 6.65. The number of hydrogen-bond acceptors (Lipinski definition) is 4. The Kier molecular flexibility index (Phi) is 6.53. The maximum absolute atomic E-state index is 13.0. The number of benzene rings is 2. The van der Waals surface area contributed by atoms with E-state index in [9.17, 15) is 27.6 Å². The summed E-state index contributed by atoms with van der Waals surface area (Å²) in [6, 6.07) is 12.2. The fourth-order valence-electron chi connectivity index (χ4n) is 2.91. The fourth-order valence-corrected chi connectivity index (χ4v) is 2.91. The summed E-state index contributed by atoms with van der Waals surface area (Å²) < 4.78 is 39.0. The first kappa shape index (κ1) is 22.5. The molecular weight excluding hydrogens is 427 g/mol. The molecule has 3 rings (SSSR count). The van der Waals surface area contributed by atoms with Crippen LogP contribution in [0, 0.1) is 0 Å². The van der Waals surface area contributed by atoms with E-state index in [1.54, 1.807) is 42.7 Å². The van der Waals surface area contributed by atoms with Crippen LogP contribution in [-0.2, 0) is 11.0 Å². The van der Waals surface area contributed by atoms with E-state index in [0.717, 1.165) is 17.2 Å². The highest BCUT2D eigenvalue weighted by Gasteiger charge is 2.31. The monoisotopic (exact) mass is 443 g/mol. The van der Waals surface area contributed by atoms with Gasteiger partial charge in [0, 0.05) is 18.0 Å². The number of rotatable bonds is 6. The number of Topliss-reactive ketones (excluding diaryl/α,β-unsaturated/α-hetero) is 1. The van der Waals surface area contributed by atoms with Crippen molar-refractivity contribution in [1.82, 2.24) is 4.98 Å². The van der Waals surface area contributed by atoms with Crippen molar-refractivity contribution in [2.24, 2.45) is 0 Å². The Balaban J connectivity index is 1.78. The number of halogens is 3. The molecule has 10 heteroatoms. The number of alkyl halides is 3. The lowest BCUT2D eigenvalue weighted by Crippen LogP contribution is -2.19. The predicted molar refractivity (Wildman–Crippen MR) is 110 cm³/mol. The van der Waals surface area contributed by atoms with Crippen LogP contribution in [0.4, 0.5) is 29.3 Å². The smallest absolute Gasteiger partial charge is 0.416 e. The summed E-state index contributed by atoms with van der Waals surface area (Å²) in [5.74, 6) is -1.45. The number of nitrogens with one attached hydrogen (secondary N) is 2. The summed E-state index contributed by atoms with van der Waals surface area (Å²) in [4.78, 5) is 39.7. The molecule has 3 N–H and O–H groups in total. The van der Waals surface area contributed by atoms with Crippen molar-refractivity contribution in [1.29, 1.82) is 0 Å². The van der Waals surface area contributed by atoms with Crippen molar-refractivity contribution in [3.8, 4) is 11.1 Å². The molecule has 0 aliphatic carbocycles. The Bertz CT molecular complexity index is 1160. The molecule has 0 spiro atoms. The Morgan fingerprint density at radius 2 is 1.59 bits per heavy atom. The summed E-state index contributed by atoms with van der Waals surface area (Å²) in [5, 5.41) is 13.0. The van der Waals surface area contributed by atoms with Gasteiger partial charge in [-0.25, -0.2) is 4.79 Å². The largest absolute Gasteiger partial charge is 0.465 e. The van der Waals surface area contributed by atoms with Gasteiger partial charge in [0.05, 0.1) is 23.4 Å². The molecule has 7 nitrogen and oxygen atoms in total. The SMILES string of the molecule is O=C(O)Nc1ccc(C(F)(F)F)cc1NC(=O)CC(=O)c1cccc(-c2ccncc2)c1. The standard InChI is InChI=1S/C22H16F3N3O4/c23-22(24,25)16-4-5-17(28-21(31)32)18(11-16)27-20(30)12-19(29)15-3-1-2-14(10-15)13-6-8-26-9-7-13/h1-11,28H,12H2,(H,27,30)(H,31,32). The highest BCUT2D eigenvalue weighted by atomic mass is 19.4. The van der Waals surface area contributed by atoms with Crippen molar-refractivity contribution in [3.63, 3.8) is 0 Å². The number of carbonyl (C=O) groups is 3. The van der Waals surface area contributed by atoms with Gasteiger partial charge in [-0.05, 0) is 47.5 Å². The Morgan fingerprint density at radius 1 is 0.875 bits per heavy atom. The number of carboxylic acid groups (broad SMARTS) is 1. The topological polar surface area (TPSA) is 108 Å². The highest BCUT2D eigenvalue weighted by molar-refractivity contribution is 6.12. The minimum Gasteiger partial charge on any atom is -0.465 e. The van der Waals surface area contributed by atoms with E-state index in [4.69, 9.17) is 5.11 Å². The van der Waals surface area contributed by atoms with Gasteiger partial charge in [-0.2, -0.15) is 13.2 Å². The second kappa shape index (κ2) is 9.29. The lowest BCUT2D eigenvalue weighted by Gasteiger charge is -2.14. The normalized spacial score (nSPS) is 11.0. The predicted octanol–water partition coefficient (Wildman–Crippen LogP) is 5.07. The fraction of sp³-hybridized carbons (Fsp3) is 0.0909. The number of carbonyl (C=O) groups excluding carboxylic acids is 2. The zero-order valence-electron chi connectivity index (χ0n) is 16.3. The minimum absolute atomic E-state index is 0.238. The van der Waals surface area contributed by atoms with Crippen LogP contribution in [-0.4, -0.2) is 27.9 Å². The number of amides is 2. The Morgan fingerprint density at radius 3 is 2.25 bits per heavy atom. The van der Waals surface area contributed by atoms with Crippen LogP contribution in [0.15, 0.2) is 67.0 Å².